The van der Waals surface area contributed by atoms with Crippen molar-refractivity contribution in [1.29, 1.82) is 0 Å². The first kappa shape index (κ1) is 14.9. The Kier molecular flexibility index (Phi) is 4.68. The van der Waals surface area contributed by atoms with Gasteiger partial charge in [-0.2, -0.15) is 4.98 Å². The Labute approximate surface area is 126 Å². The molecule has 6 heteroatoms. The molecule has 1 aromatic heterocycles. The molecule has 4 nitrogen and oxygen atoms in total. The fourth-order valence-electron chi connectivity index (χ4n) is 1.96. The summed E-state index contributed by atoms with van der Waals surface area (Å²) in [7, 11) is 0. The standard InChI is InChI=1S/C14H14Cl2N2O2/c1-2-4-8-13(19)17-12(18-14(8)20)7-9-10(15)5-3-6-11(9)16/h3,5-6H,2,4,7H2,1H3,(H2,17,18,19,20). The SMILES string of the molecule is CCCc1c(O)nc(Cc2c(Cl)cccc2Cl)[nH]c1=O. The number of benzene rings is 1. The molecule has 0 saturated carbocycles. The summed E-state index contributed by atoms with van der Waals surface area (Å²) in [4.78, 5) is 18.6. The predicted octanol–water partition coefficient (Wildman–Crippen LogP) is 3.33. The largest absolute Gasteiger partial charge is 0.493 e. The van der Waals surface area contributed by atoms with Gasteiger partial charge < -0.3 is 10.1 Å². The molecule has 20 heavy (non-hydrogen) atoms. The van der Waals surface area contributed by atoms with E-state index in [1.807, 2.05) is 6.92 Å². The van der Waals surface area contributed by atoms with Crippen molar-refractivity contribution in [2.45, 2.75) is 26.2 Å². The number of aromatic amines is 1. The molecular weight excluding hydrogens is 299 g/mol. The van der Waals surface area contributed by atoms with E-state index in [0.717, 1.165) is 6.42 Å². The van der Waals surface area contributed by atoms with E-state index in [-0.39, 0.29) is 17.9 Å². The minimum atomic E-state index is -0.322. The highest BCUT2D eigenvalue weighted by Gasteiger charge is 2.12. The number of hydrogen-bond donors (Lipinski definition) is 2. The van der Waals surface area contributed by atoms with Crippen LogP contribution in [0.5, 0.6) is 5.88 Å². The third kappa shape index (κ3) is 3.14. The molecule has 106 valence electrons. The van der Waals surface area contributed by atoms with Crippen molar-refractivity contribution in [2.24, 2.45) is 0 Å². The average molecular weight is 313 g/mol. The van der Waals surface area contributed by atoms with Crippen LogP contribution in [-0.4, -0.2) is 15.1 Å². The Hall–Kier alpha value is -1.52. The number of H-pyrrole nitrogens is 1. The minimum absolute atomic E-state index is 0.228. The van der Waals surface area contributed by atoms with Gasteiger partial charge in [-0.3, -0.25) is 4.79 Å². The Bertz CT molecular complexity index is 663. The van der Waals surface area contributed by atoms with Crippen molar-refractivity contribution in [2.75, 3.05) is 0 Å². The van der Waals surface area contributed by atoms with Crippen molar-refractivity contribution < 1.29 is 5.11 Å². The van der Waals surface area contributed by atoms with Gasteiger partial charge in [0.25, 0.3) is 5.56 Å². The molecule has 1 heterocycles. The van der Waals surface area contributed by atoms with Crippen LogP contribution in [0.3, 0.4) is 0 Å². The Morgan fingerprint density at radius 2 is 1.90 bits per heavy atom. The molecule has 0 saturated heterocycles. The van der Waals surface area contributed by atoms with Gasteiger partial charge >= 0.3 is 0 Å². The molecule has 0 unspecified atom stereocenters. The van der Waals surface area contributed by atoms with Crippen molar-refractivity contribution in [3.05, 3.63) is 55.5 Å². The minimum Gasteiger partial charge on any atom is -0.493 e. The first-order valence-electron chi connectivity index (χ1n) is 6.26. The van der Waals surface area contributed by atoms with Crippen molar-refractivity contribution in [1.82, 2.24) is 9.97 Å². The third-order valence-corrected chi connectivity index (χ3v) is 3.66. The second-order valence-corrected chi connectivity index (χ2v) is 5.26. The van der Waals surface area contributed by atoms with E-state index in [4.69, 9.17) is 23.2 Å². The van der Waals surface area contributed by atoms with Crippen molar-refractivity contribution in [3.63, 3.8) is 0 Å². The number of aromatic nitrogens is 2. The molecule has 1 aromatic carbocycles. The molecule has 0 spiro atoms. The topological polar surface area (TPSA) is 66.0 Å². The lowest BCUT2D eigenvalue weighted by atomic mass is 10.1. The lowest BCUT2D eigenvalue weighted by molar-refractivity contribution is 0.439. The van der Waals surface area contributed by atoms with Crippen LogP contribution in [0.15, 0.2) is 23.0 Å². The maximum atomic E-state index is 11.9. The van der Waals surface area contributed by atoms with Crippen LogP contribution >= 0.6 is 23.2 Å². The second kappa shape index (κ2) is 6.29. The Balaban J connectivity index is 2.38. The molecule has 0 amide bonds. The van der Waals surface area contributed by atoms with Crippen LogP contribution < -0.4 is 5.56 Å². The van der Waals surface area contributed by atoms with E-state index >= 15 is 0 Å². The van der Waals surface area contributed by atoms with Crippen molar-refractivity contribution >= 4 is 23.2 Å². The fourth-order valence-corrected chi connectivity index (χ4v) is 2.49. The van der Waals surface area contributed by atoms with Gasteiger partial charge in [0, 0.05) is 16.5 Å². The van der Waals surface area contributed by atoms with Crippen LogP contribution in [0.25, 0.3) is 0 Å². The van der Waals surface area contributed by atoms with E-state index < -0.39 is 0 Å². The summed E-state index contributed by atoms with van der Waals surface area (Å²) in [5.41, 5.74) is 0.653. The average Bonchev–Trinajstić information content (AvgIpc) is 2.38. The third-order valence-electron chi connectivity index (χ3n) is 2.95. The molecule has 0 aliphatic heterocycles. The number of nitrogens with one attached hydrogen (secondary N) is 1. The molecule has 0 atom stereocenters. The molecule has 0 aliphatic rings. The summed E-state index contributed by atoms with van der Waals surface area (Å²) in [6, 6.07) is 5.17. The maximum absolute atomic E-state index is 11.9. The second-order valence-electron chi connectivity index (χ2n) is 4.44. The van der Waals surface area contributed by atoms with E-state index in [1.165, 1.54) is 0 Å². The molecule has 0 bridgehead atoms. The molecule has 2 rings (SSSR count). The summed E-state index contributed by atoms with van der Waals surface area (Å²) in [5.74, 6) is 0.108. The molecule has 2 aromatic rings. The predicted molar refractivity (Wildman–Crippen MR) is 79.8 cm³/mol. The zero-order valence-corrected chi connectivity index (χ0v) is 12.4. The van der Waals surface area contributed by atoms with Crippen LogP contribution in [0.4, 0.5) is 0 Å². The zero-order chi connectivity index (χ0) is 14.7. The Morgan fingerprint density at radius 1 is 1.25 bits per heavy atom. The molecule has 2 N–H and O–H groups in total. The van der Waals surface area contributed by atoms with Gasteiger partial charge in [-0.25, -0.2) is 0 Å². The summed E-state index contributed by atoms with van der Waals surface area (Å²) < 4.78 is 0. The van der Waals surface area contributed by atoms with E-state index in [9.17, 15) is 9.90 Å². The van der Waals surface area contributed by atoms with E-state index in [2.05, 4.69) is 9.97 Å². The van der Waals surface area contributed by atoms with Gasteiger partial charge in [0.2, 0.25) is 5.88 Å². The molecule has 0 aliphatic carbocycles. The summed E-state index contributed by atoms with van der Waals surface area (Å²) >= 11 is 12.1. The summed E-state index contributed by atoms with van der Waals surface area (Å²) in [6.45, 7) is 1.93. The highest BCUT2D eigenvalue weighted by Crippen LogP contribution is 2.26. The maximum Gasteiger partial charge on any atom is 0.257 e. The quantitative estimate of drug-likeness (QED) is 0.910. The number of aromatic hydroxyl groups is 1. The summed E-state index contributed by atoms with van der Waals surface area (Å²) in [5, 5.41) is 10.8. The smallest absolute Gasteiger partial charge is 0.257 e. The highest BCUT2D eigenvalue weighted by molar-refractivity contribution is 6.36. The van der Waals surface area contributed by atoms with Crippen LogP contribution in [0, 0.1) is 0 Å². The molecular formula is C14H14Cl2N2O2. The van der Waals surface area contributed by atoms with Gasteiger partial charge in [0.1, 0.15) is 5.82 Å². The first-order chi connectivity index (χ1) is 9.52. The number of hydrogen-bond acceptors (Lipinski definition) is 3. The monoisotopic (exact) mass is 312 g/mol. The Morgan fingerprint density at radius 3 is 2.45 bits per heavy atom. The van der Waals surface area contributed by atoms with Crippen molar-refractivity contribution in [3.8, 4) is 5.88 Å². The molecule has 0 fully saturated rings. The normalized spacial score (nSPS) is 10.8. The number of nitrogens with zero attached hydrogens (tertiary/aromatic N) is 1. The fraction of sp³-hybridized carbons (Fsp3) is 0.286. The van der Waals surface area contributed by atoms with Crippen LogP contribution in [-0.2, 0) is 12.8 Å². The van der Waals surface area contributed by atoms with Gasteiger partial charge in [-0.05, 0) is 24.1 Å². The lowest BCUT2D eigenvalue weighted by Gasteiger charge is -2.08. The van der Waals surface area contributed by atoms with Crippen LogP contribution in [0.2, 0.25) is 10.0 Å². The van der Waals surface area contributed by atoms with Crippen LogP contribution in [0.1, 0.15) is 30.3 Å². The number of rotatable bonds is 4. The van der Waals surface area contributed by atoms with E-state index in [0.29, 0.717) is 33.4 Å². The zero-order valence-electron chi connectivity index (χ0n) is 10.9. The first-order valence-corrected chi connectivity index (χ1v) is 7.02. The lowest BCUT2D eigenvalue weighted by Crippen LogP contribution is -2.17. The summed E-state index contributed by atoms with van der Waals surface area (Å²) in [6.07, 6.45) is 1.50. The van der Waals surface area contributed by atoms with Gasteiger partial charge in [0.15, 0.2) is 0 Å². The van der Waals surface area contributed by atoms with E-state index in [1.54, 1.807) is 18.2 Å². The van der Waals surface area contributed by atoms with Gasteiger partial charge in [-0.15, -0.1) is 0 Å². The highest BCUT2D eigenvalue weighted by atomic mass is 35.5. The van der Waals surface area contributed by atoms with Gasteiger partial charge in [0.05, 0.1) is 5.56 Å². The molecule has 0 radical (unpaired) electrons. The number of halogens is 2. The van der Waals surface area contributed by atoms with Gasteiger partial charge in [-0.1, -0.05) is 42.6 Å².